The van der Waals surface area contributed by atoms with E-state index < -0.39 is 5.97 Å². The van der Waals surface area contributed by atoms with Crippen LogP contribution in [0.2, 0.25) is 0 Å². The fourth-order valence-corrected chi connectivity index (χ4v) is 2.65. The standard InChI is InChI=1S/C10H12N2O2S/c13-10(14)8-4-3-7-12(8)15-9-5-1-2-6-11-9/h1-2,5-6,8H,3-4,7H2,(H,13,14). The lowest BCUT2D eigenvalue weighted by Gasteiger charge is -2.18. The predicted octanol–water partition coefficient (Wildman–Crippen LogP) is 1.64. The zero-order chi connectivity index (χ0) is 10.7. The van der Waals surface area contributed by atoms with Gasteiger partial charge in [0.15, 0.2) is 0 Å². The van der Waals surface area contributed by atoms with Gasteiger partial charge in [0.25, 0.3) is 0 Å². The second-order valence-corrected chi connectivity index (χ2v) is 4.47. The van der Waals surface area contributed by atoms with Crippen molar-refractivity contribution in [2.45, 2.75) is 23.9 Å². The summed E-state index contributed by atoms with van der Waals surface area (Å²) in [6.07, 6.45) is 3.39. The summed E-state index contributed by atoms with van der Waals surface area (Å²) in [5.41, 5.74) is 0. The SMILES string of the molecule is O=C(O)C1CCCN1Sc1ccccn1. The summed E-state index contributed by atoms with van der Waals surface area (Å²) in [6.45, 7) is 0.818. The molecule has 0 spiro atoms. The maximum absolute atomic E-state index is 10.9. The Balaban J connectivity index is 2.03. The van der Waals surface area contributed by atoms with Crippen LogP contribution in [0.1, 0.15) is 12.8 Å². The van der Waals surface area contributed by atoms with Gasteiger partial charge >= 0.3 is 5.97 Å². The minimum atomic E-state index is -0.740. The number of hydrogen-bond acceptors (Lipinski definition) is 4. The number of carbonyl (C=O) groups is 1. The highest BCUT2D eigenvalue weighted by molar-refractivity contribution is 7.97. The Bertz CT molecular complexity index is 345. The van der Waals surface area contributed by atoms with E-state index in [4.69, 9.17) is 5.11 Å². The molecule has 1 fully saturated rings. The van der Waals surface area contributed by atoms with Gasteiger partial charge in [0.2, 0.25) is 0 Å². The van der Waals surface area contributed by atoms with Crippen molar-refractivity contribution in [2.75, 3.05) is 6.54 Å². The molecule has 1 unspecified atom stereocenters. The van der Waals surface area contributed by atoms with Crippen LogP contribution in [-0.2, 0) is 4.79 Å². The lowest BCUT2D eigenvalue weighted by molar-refractivity contribution is -0.140. The molecule has 5 heteroatoms. The average Bonchev–Trinajstić information content (AvgIpc) is 2.67. The molecule has 0 radical (unpaired) electrons. The van der Waals surface area contributed by atoms with E-state index in [-0.39, 0.29) is 6.04 Å². The molecule has 2 heterocycles. The van der Waals surface area contributed by atoms with Gasteiger partial charge in [0, 0.05) is 12.7 Å². The predicted molar refractivity (Wildman–Crippen MR) is 57.5 cm³/mol. The fraction of sp³-hybridized carbons (Fsp3) is 0.400. The van der Waals surface area contributed by atoms with E-state index in [2.05, 4.69) is 4.98 Å². The molecule has 80 valence electrons. The minimum absolute atomic E-state index is 0.364. The number of rotatable bonds is 3. The second-order valence-electron chi connectivity index (χ2n) is 3.40. The lowest BCUT2D eigenvalue weighted by Crippen LogP contribution is -2.30. The first kappa shape index (κ1) is 10.4. The molecular weight excluding hydrogens is 212 g/mol. The summed E-state index contributed by atoms with van der Waals surface area (Å²) >= 11 is 1.43. The first-order valence-corrected chi connectivity index (χ1v) is 5.63. The van der Waals surface area contributed by atoms with E-state index in [9.17, 15) is 4.79 Å². The first-order chi connectivity index (χ1) is 7.27. The molecule has 1 aromatic rings. The quantitative estimate of drug-likeness (QED) is 0.791. The van der Waals surface area contributed by atoms with Crippen LogP contribution in [0.5, 0.6) is 0 Å². The Morgan fingerprint density at radius 2 is 2.47 bits per heavy atom. The van der Waals surface area contributed by atoms with Gasteiger partial charge in [0.05, 0.1) is 0 Å². The Kier molecular flexibility index (Phi) is 3.23. The molecule has 0 saturated carbocycles. The topological polar surface area (TPSA) is 53.4 Å². The highest BCUT2D eigenvalue weighted by Gasteiger charge is 2.31. The van der Waals surface area contributed by atoms with Crippen molar-refractivity contribution in [1.29, 1.82) is 0 Å². The van der Waals surface area contributed by atoms with Crippen LogP contribution in [0.25, 0.3) is 0 Å². The van der Waals surface area contributed by atoms with E-state index in [0.717, 1.165) is 24.4 Å². The van der Waals surface area contributed by atoms with Crippen molar-refractivity contribution < 1.29 is 9.90 Å². The third kappa shape index (κ3) is 2.49. The lowest BCUT2D eigenvalue weighted by atomic mass is 10.2. The molecule has 1 saturated heterocycles. The Labute approximate surface area is 92.4 Å². The van der Waals surface area contributed by atoms with Crippen LogP contribution in [0.15, 0.2) is 29.4 Å². The van der Waals surface area contributed by atoms with Crippen LogP contribution in [0.4, 0.5) is 0 Å². The van der Waals surface area contributed by atoms with Gasteiger partial charge in [-0.15, -0.1) is 0 Å². The number of carboxylic acid groups (broad SMARTS) is 1. The van der Waals surface area contributed by atoms with Crippen LogP contribution in [0, 0.1) is 0 Å². The van der Waals surface area contributed by atoms with Gasteiger partial charge in [-0.05, 0) is 36.9 Å². The minimum Gasteiger partial charge on any atom is -0.480 e. The Morgan fingerprint density at radius 3 is 3.13 bits per heavy atom. The zero-order valence-corrected chi connectivity index (χ0v) is 8.98. The summed E-state index contributed by atoms with van der Waals surface area (Å²) in [6, 6.07) is 5.28. The van der Waals surface area contributed by atoms with E-state index in [1.54, 1.807) is 6.20 Å². The normalized spacial score (nSPS) is 21.7. The maximum atomic E-state index is 10.9. The number of aromatic nitrogens is 1. The Morgan fingerprint density at radius 1 is 1.60 bits per heavy atom. The van der Waals surface area contributed by atoms with Crippen molar-refractivity contribution in [3.63, 3.8) is 0 Å². The van der Waals surface area contributed by atoms with Crippen molar-refractivity contribution in [3.05, 3.63) is 24.4 Å². The van der Waals surface area contributed by atoms with Crippen LogP contribution in [0.3, 0.4) is 0 Å². The summed E-state index contributed by atoms with van der Waals surface area (Å²) in [5.74, 6) is -0.740. The maximum Gasteiger partial charge on any atom is 0.321 e. The number of aliphatic carboxylic acids is 1. The number of carboxylic acids is 1. The first-order valence-electron chi connectivity index (χ1n) is 4.86. The van der Waals surface area contributed by atoms with Gasteiger partial charge in [-0.1, -0.05) is 6.07 Å². The highest BCUT2D eigenvalue weighted by Crippen LogP contribution is 2.29. The molecule has 2 rings (SSSR count). The van der Waals surface area contributed by atoms with Gasteiger partial charge < -0.3 is 5.11 Å². The summed E-state index contributed by atoms with van der Waals surface area (Å²) in [7, 11) is 0. The molecule has 0 aliphatic carbocycles. The highest BCUT2D eigenvalue weighted by atomic mass is 32.2. The average molecular weight is 224 g/mol. The van der Waals surface area contributed by atoms with Crippen molar-refractivity contribution >= 4 is 17.9 Å². The third-order valence-electron chi connectivity index (χ3n) is 2.34. The van der Waals surface area contributed by atoms with Gasteiger partial charge in [-0.3, -0.25) is 4.79 Å². The molecule has 0 bridgehead atoms. The van der Waals surface area contributed by atoms with Gasteiger partial charge in [-0.25, -0.2) is 9.29 Å². The second kappa shape index (κ2) is 4.63. The van der Waals surface area contributed by atoms with Crippen LogP contribution in [-0.4, -0.2) is 33.0 Å². The summed E-state index contributed by atoms with van der Waals surface area (Å²) in [5, 5.41) is 9.84. The number of nitrogens with zero attached hydrogens (tertiary/aromatic N) is 2. The van der Waals surface area contributed by atoms with E-state index in [0.29, 0.717) is 0 Å². The van der Waals surface area contributed by atoms with Crippen molar-refractivity contribution in [2.24, 2.45) is 0 Å². The zero-order valence-electron chi connectivity index (χ0n) is 8.17. The molecular formula is C10H12N2O2S. The summed E-state index contributed by atoms with van der Waals surface area (Å²) < 4.78 is 1.89. The fourth-order valence-electron chi connectivity index (χ4n) is 1.62. The largest absolute Gasteiger partial charge is 0.480 e. The molecule has 1 aliphatic heterocycles. The summed E-state index contributed by atoms with van der Waals surface area (Å²) in [4.78, 5) is 15.1. The molecule has 4 nitrogen and oxygen atoms in total. The smallest absolute Gasteiger partial charge is 0.321 e. The molecule has 1 N–H and O–H groups in total. The van der Waals surface area contributed by atoms with E-state index in [1.807, 2.05) is 22.5 Å². The van der Waals surface area contributed by atoms with E-state index in [1.165, 1.54) is 11.9 Å². The van der Waals surface area contributed by atoms with E-state index >= 15 is 0 Å². The third-order valence-corrected chi connectivity index (χ3v) is 3.44. The molecule has 1 aromatic heterocycles. The van der Waals surface area contributed by atoms with Crippen molar-refractivity contribution in [3.8, 4) is 0 Å². The molecule has 1 atom stereocenters. The number of pyridine rings is 1. The van der Waals surface area contributed by atoms with Crippen LogP contribution < -0.4 is 0 Å². The monoisotopic (exact) mass is 224 g/mol. The molecule has 0 amide bonds. The van der Waals surface area contributed by atoms with Crippen LogP contribution >= 0.6 is 11.9 Å². The van der Waals surface area contributed by atoms with Gasteiger partial charge in [0.1, 0.15) is 11.1 Å². The molecule has 15 heavy (non-hydrogen) atoms. The van der Waals surface area contributed by atoms with Gasteiger partial charge in [-0.2, -0.15) is 0 Å². The Hall–Kier alpha value is -1.07. The molecule has 1 aliphatic rings. The number of hydrogen-bond donors (Lipinski definition) is 1. The molecule has 0 aromatic carbocycles. The van der Waals surface area contributed by atoms with Crippen molar-refractivity contribution in [1.82, 2.24) is 9.29 Å².